The molecule has 0 heterocycles. The van der Waals surface area contributed by atoms with Gasteiger partial charge in [0, 0.05) is 26.6 Å². The maximum atomic E-state index is 12.1. The van der Waals surface area contributed by atoms with Crippen LogP contribution in [0.2, 0.25) is 0 Å². The van der Waals surface area contributed by atoms with Crippen molar-refractivity contribution in [3.05, 3.63) is 0 Å². The number of carbonyl (C=O) groups is 2. The van der Waals surface area contributed by atoms with Gasteiger partial charge in [-0.2, -0.15) is 0 Å². The van der Waals surface area contributed by atoms with Crippen molar-refractivity contribution in [2.75, 3.05) is 20.1 Å². The fraction of sp³-hybridized carbons (Fsp3) is 0.875. The zero-order valence-electron chi connectivity index (χ0n) is 13.6. The van der Waals surface area contributed by atoms with Crippen molar-refractivity contribution < 1.29 is 14.7 Å². The Morgan fingerprint density at radius 2 is 1.90 bits per heavy atom. The second kappa shape index (κ2) is 8.90. The van der Waals surface area contributed by atoms with Crippen LogP contribution in [0.4, 0.5) is 4.79 Å². The number of amides is 2. The van der Waals surface area contributed by atoms with Gasteiger partial charge in [0.2, 0.25) is 0 Å². The van der Waals surface area contributed by atoms with Crippen molar-refractivity contribution in [2.24, 2.45) is 17.8 Å². The van der Waals surface area contributed by atoms with Crippen molar-refractivity contribution >= 4 is 12.0 Å². The summed E-state index contributed by atoms with van der Waals surface area (Å²) in [4.78, 5) is 24.7. The minimum absolute atomic E-state index is 0.00586. The third kappa shape index (κ3) is 7.34. The Kier molecular flexibility index (Phi) is 7.54. The van der Waals surface area contributed by atoms with Gasteiger partial charge >= 0.3 is 12.0 Å². The monoisotopic (exact) mass is 298 g/mol. The lowest BCUT2D eigenvalue weighted by molar-refractivity contribution is -0.138. The van der Waals surface area contributed by atoms with Crippen LogP contribution in [0.5, 0.6) is 0 Å². The first-order valence-electron chi connectivity index (χ1n) is 8.09. The number of carbonyl (C=O) groups excluding carboxylic acids is 1. The van der Waals surface area contributed by atoms with Crippen LogP contribution >= 0.6 is 0 Å². The Labute approximate surface area is 128 Å². The van der Waals surface area contributed by atoms with Crippen molar-refractivity contribution in [1.82, 2.24) is 10.2 Å². The van der Waals surface area contributed by atoms with Gasteiger partial charge in [-0.1, -0.05) is 26.7 Å². The Hall–Kier alpha value is -1.26. The van der Waals surface area contributed by atoms with Crippen LogP contribution in [0.3, 0.4) is 0 Å². The Morgan fingerprint density at radius 1 is 1.29 bits per heavy atom. The van der Waals surface area contributed by atoms with Crippen molar-refractivity contribution in [1.29, 1.82) is 0 Å². The summed E-state index contributed by atoms with van der Waals surface area (Å²) in [5, 5.41) is 11.8. The van der Waals surface area contributed by atoms with Crippen LogP contribution in [0.15, 0.2) is 0 Å². The fourth-order valence-electron chi connectivity index (χ4n) is 3.18. The van der Waals surface area contributed by atoms with Crippen LogP contribution in [0, 0.1) is 17.8 Å². The van der Waals surface area contributed by atoms with Crippen molar-refractivity contribution in [2.45, 2.75) is 52.4 Å². The summed E-state index contributed by atoms with van der Waals surface area (Å²) in [5.41, 5.74) is 0. The number of nitrogens with zero attached hydrogens (tertiary/aromatic N) is 1. The van der Waals surface area contributed by atoms with Crippen LogP contribution in [0.1, 0.15) is 52.4 Å². The van der Waals surface area contributed by atoms with Gasteiger partial charge in [0.25, 0.3) is 0 Å². The fourth-order valence-corrected chi connectivity index (χ4v) is 3.18. The SMILES string of the molecule is CC(C)C[C@H](CNC(=O)N(C)CC1CCCC1)CC(=O)O. The highest BCUT2D eigenvalue weighted by Crippen LogP contribution is 2.25. The summed E-state index contributed by atoms with van der Waals surface area (Å²) < 4.78 is 0. The molecule has 0 aromatic carbocycles. The molecule has 0 aromatic rings. The summed E-state index contributed by atoms with van der Waals surface area (Å²) in [7, 11) is 1.82. The predicted octanol–water partition coefficient (Wildman–Crippen LogP) is 2.96. The highest BCUT2D eigenvalue weighted by molar-refractivity contribution is 5.74. The maximum absolute atomic E-state index is 12.1. The molecule has 1 saturated carbocycles. The van der Waals surface area contributed by atoms with Gasteiger partial charge in [0.15, 0.2) is 0 Å². The number of urea groups is 1. The summed E-state index contributed by atoms with van der Waals surface area (Å²) in [6.07, 6.45) is 5.91. The Morgan fingerprint density at radius 3 is 2.43 bits per heavy atom. The zero-order chi connectivity index (χ0) is 15.8. The molecule has 1 atom stereocenters. The molecular weight excluding hydrogens is 268 g/mol. The molecule has 122 valence electrons. The molecule has 0 bridgehead atoms. The molecule has 0 aromatic heterocycles. The molecule has 2 N–H and O–H groups in total. The van der Waals surface area contributed by atoms with Gasteiger partial charge < -0.3 is 15.3 Å². The van der Waals surface area contributed by atoms with E-state index in [0.29, 0.717) is 18.4 Å². The maximum Gasteiger partial charge on any atom is 0.317 e. The molecule has 1 fully saturated rings. The topological polar surface area (TPSA) is 69.6 Å². The molecule has 1 aliphatic carbocycles. The molecule has 5 nitrogen and oxygen atoms in total. The summed E-state index contributed by atoms with van der Waals surface area (Å²) in [5.74, 6) is 0.272. The number of carboxylic acids is 1. The van der Waals surface area contributed by atoms with Crippen molar-refractivity contribution in [3.8, 4) is 0 Å². The van der Waals surface area contributed by atoms with E-state index in [2.05, 4.69) is 19.2 Å². The molecule has 1 aliphatic rings. The van der Waals surface area contributed by atoms with E-state index in [0.717, 1.165) is 13.0 Å². The molecule has 2 amide bonds. The minimum Gasteiger partial charge on any atom is -0.481 e. The summed E-state index contributed by atoms with van der Waals surface area (Å²) in [6, 6.07) is -0.0824. The number of rotatable bonds is 8. The third-order valence-electron chi connectivity index (χ3n) is 4.16. The number of carboxylic acid groups (broad SMARTS) is 1. The normalized spacial score (nSPS) is 17.0. The molecule has 0 unspecified atom stereocenters. The van der Waals surface area contributed by atoms with E-state index in [9.17, 15) is 9.59 Å². The smallest absolute Gasteiger partial charge is 0.317 e. The lowest BCUT2D eigenvalue weighted by atomic mass is 9.94. The van der Waals surface area contributed by atoms with Gasteiger partial charge in [-0.05, 0) is 37.0 Å². The third-order valence-corrected chi connectivity index (χ3v) is 4.16. The minimum atomic E-state index is -0.797. The second-order valence-corrected chi connectivity index (χ2v) is 6.81. The molecule has 5 heteroatoms. The molecule has 0 saturated heterocycles. The number of hydrogen-bond donors (Lipinski definition) is 2. The summed E-state index contributed by atoms with van der Waals surface area (Å²) in [6.45, 7) is 5.39. The lowest BCUT2D eigenvalue weighted by Gasteiger charge is -2.23. The molecule has 0 spiro atoms. The van der Waals surface area contributed by atoms with Crippen LogP contribution < -0.4 is 5.32 Å². The van der Waals surface area contributed by atoms with E-state index in [1.807, 2.05) is 7.05 Å². The van der Waals surface area contributed by atoms with Gasteiger partial charge in [-0.15, -0.1) is 0 Å². The quantitative estimate of drug-likeness (QED) is 0.724. The van der Waals surface area contributed by atoms with E-state index < -0.39 is 5.97 Å². The number of hydrogen-bond acceptors (Lipinski definition) is 2. The van der Waals surface area contributed by atoms with E-state index in [1.54, 1.807) is 4.90 Å². The van der Waals surface area contributed by atoms with E-state index in [1.165, 1.54) is 25.7 Å². The van der Waals surface area contributed by atoms with Crippen LogP contribution in [-0.4, -0.2) is 42.1 Å². The van der Waals surface area contributed by atoms with Crippen LogP contribution in [-0.2, 0) is 4.79 Å². The highest BCUT2D eigenvalue weighted by atomic mass is 16.4. The first kappa shape index (κ1) is 17.8. The lowest BCUT2D eigenvalue weighted by Crippen LogP contribution is -2.41. The molecule has 21 heavy (non-hydrogen) atoms. The predicted molar refractivity (Wildman–Crippen MR) is 83.2 cm³/mol. The Bertz CT molecular complexity index is 338. The zero-order valence-corrected chi connectivity index (χ0v) is 13.6. The molecule has 1 rings (SSSR count). The van der Waals surface area contributed by atoms with Gasteiger partial charge in [-0.3, -0.25) is 4.79 Å². The van der Waals surface area contributed by atoms with E-state index in [4.69, 9.17) is 5.11 Å². The van der Waals surface area contributed by atoms with Gasteiger partial charge in [0.05, 0.1) is 0 Å². The molecule has 0 aliphatic heterocycles. The first-order valence-corrected chi connectivity index (χ1v) is 8.09. The van der Waals surface area contributed by atoms with Crippen molar-refractivity contribution in [3.63, 3.8) is 0 Å². The highest BCUT2D eigenvalue weighted by Gasteiger charge is 2.21. The average molecular weight is 298 g/mol. The van der Waals surface area contributed by atoms with Crippen LogP contribution in [0.25, 0.3) is 0 Å². The van der Waals surface area contributed by atoms with Gasteiger partial charge in [-0.25, -0.2) is 4.79 Å². The Balaban J connectivity index is 2.34. The van der Waals surface area contributed by atoms with Gasteiger partial charge in [0.1, 0.15) is 0 Å². The second-order valence-electron chi connectivity index (χ2n) is 6.81. The average Bonchev–Trinajstić information content (AvgIpc) is 2.86. The van der Waals surface area contributed by atoms with E-state index in [-0.39, 0.29) is 18.4 Å². The summed E-state index contributed by atoms with van der Waals surface area (Å²) >= 11 is 0. The first-order chi connectivity index (χ1) is 9.88. The molecular formula is C16H30N2O3. The van der Waals surface area contributed by atoms with E-state index >= 15 is 0 Å². The standard InChI is InChI=1S/C16H30N2O3/c1-12(2)8-14(9-15(19)20)10-17-16(21)18(3)11-13-6-4-5-7-13/h12-14H,4-11H2,1-3H3,(H,17,21)(H,19,20)/t14-/m0/s1. The number of aliphatic carboxylic acids is 1. The largest absolute Gasteiger partial charge is 0.481 e. The number of nitrogens with one attached hydrogen (secondary N) is 1. The molecule has 0 radical (unpaired) electrons.